The van der Waals surface area contributed by atoms with Gasteiger partial charge in [0.1, 0.15) is 0 Å². The minimum atomic E-state index is -0.186. The fourth-order valence-corrected chi connectivity index (χ4v) is 1.10. The second-order valence-electron chi connectivity index (χ2n) is 3.02. The molecule has 0 aliphatic carbocycles. The van der Waals surface area contributed by atoms with Gasteiger partial charge in [0.15, 0.2) is 0 Å². The van der Waals surface area contributed by atoms with E-state index in [0.29, 0.717) is 0 Å². The third-order valence-electron chi connectivity index (χ3n) is 1.84. The van der Waals surface area contributed by atoms with Gasteiger partial charge in [0, 0.05) is 6.61 Å². The molecule has 0 aliphatic heterocycles. The van der Waals surface area contributed by atoms with E-state index in [-0.39, 0.29) is 12.7 Å². The number of hydrogen-bond acceptors (Lipinski definition) is 2. The van der Waals surface area contributed by atoms with E-state index < -0.39 is 0 Å². The van der Waals surface area contributed by atoms with Crippen LogP contribution in [0.5, 0.6) is 0 Å². The quantitative estimate of drug-likeness (QED) is 0.556. The van der Waals surface area contributed by atoms with Crippen molar-refractivity contribution in [2.45, 2.75) is 51.6 Å². The molecule has 0 spiro atoms. The lowest BCUT2D eigenvalue weighted by Crippen LogP contribution is -2.06. The summed E-state index contributed by atoms with van der Waals surface area (Å²) in [7, 11) is 0. The Hall–Kier alpha value is -0.0800. The van der Waals surface area contributed by atoms with Crippen molar-refractivity contribution in [3.63, 3.8) is 0 Å². The summed E-state index contributed by atoms with van der Waals surface area (Å²) in [4.78, 5) is 0. The van der Waals surface area contributed by atoms with Crippen molar-refractivity contribution in [3.05, 3.63) is 0 Å². The van der Waals surface area contributed by atoms with Gasteiger partial charge in [-0.3, -0.25) is 0 Å². The molecule has 2 nitrogen and oxygen atoms in total. The molecule has 0 saturated carbocycles. The van der Waals surface area contributed by atoms with Gasteiger partial charge in [0.2, 0.25) is 0 Å². The summed E-state index contributed by atoms with van der Waals surface area (Å²) in [6, 6.07) is 0. The molecule has 0 heterocycles. The molecule has 1 atom stereocenters. The van der Waals surface area contributed by atoms with Crippen molar-refractivity contribution in [1.82, 2.24) is 0 Å². The molecular weight excluding hydrogens is 140 g/mol. The van der Waals surface area contributed by atoms with Crippen LogP contribution in [0.25, 0.3) is 0 Å². The predicted octanol–water partition coefficient (Wildman–Crippen LogP) is 1.70. The highest BCUT2D eigenvalue weighted by Gasteiger charge is 2.01. The zero-order valence-corrected chi connectivity index (χ0v) is 7.42. The molecule has 11 heavy (non-hydrogen) atoms. The first-order valence-electron chi connectivity index (χ1n) is 4.60. The normalized spacial score (nSPS) is 13.4. The highest BCUT2D eigenvalue weighted by atomic mass is 16.3. The Balaban J connectivity index is 3.02. The Labute approximate surface area is 69.2 Å². The van der Waals surface area contributed by atoms with Gasteiger partial charge in [-0.1, -0.05) is 26.2 Å². The van der Waals surface area contributed by atoms with Crippen LogP contribution in [0.2, 0.25) is 0 Å². The van der Waals surface area contributed by atoms with Gasteiger partial charge in [-0.25, -0.2) is 0 Å². The van der Waals surface area contributed by atoms with Gasteiger partial charge in [-0.2, -0.15) is 0 Å². The van der Waals surface area contributed by atoms with Gasteiger partial charge in [-0.15, -0.1) is 0 Å². The third-order valence-corrected chi connectivity index (χ3v) is 1.84. The van der Waals surface area contributed by atoms with E-state index >= 15 is 0 Å². The maximum Gasteiger partial charge on any atom is 0.0541 e. The smallest absolute Gasteiger partial charge is 0.0541 e. The lowest BCUT2D eigenvalue weighted by molar-refractivity contribution is 0.138. The monoisotopic (exact) mass is 160 g/mol. The van der Waals surface area contributed by atoms with Crippen LogP contribution >= 0.6 is 0 Å². The highest BCUT2D eigenvalue weighted by Crippen LogP contribution is 2.07. The molecule has 0 saturated heterocycles. The standard InChI is InChI=1S/C9H20O2/c1-2-3-4-6-9(11)7-5-8-10/h9-11H,2-8H2,1H3/t9-/m1/s1. The number of rotatable bonds is 7. The second kappa shape index (κ2) is 8.02. The molecule has 0 aromatic carbocycles. The summed E-state index contributed by atoms with van der Waals surface area (Å²) < 4.78 is 0. The lowest BCUT2D eigenvalue weighted by atomic mass is 10.1. The second-order valence-corrected chi connectivity index (χ2v) is 3.02. The molecule has 0 fully saturated rings. The van der Waals surface area contributed by atoms with E-state index in [1.54, 1.807) is 0 Å². The van der Waals surface area contributed by atoms with E-state index in [4.69, 9.17) is 5.11 Å². The number of unbranched alkanes of at least 4 members (excludes halogenated alkanes) is 2. The Morgan fingerprint density at radius 3 is 2.27 bits per heavy atom. The molecule has 0 amide bonds. The molecule has 0 bridgehead atoms. The minimum absolute atomic E-state index is 0.186. The largest absolute Gasteiger partial charge is 0.396 e. The zero-order valence-electron chi connectivity index (χ0n) is 7.42. The van der Waals surface area contributed by atoms with E-state index in [2.05, 4.69) is 6.92 Å². The maximum absolute atomic E-state index is 9.30. The number of aliphatic hydroxyl groups excluding tert-OH is 2. The third kappa shape index (κ3) is 7.82. The molecule has 0 unspecified atom stereocenters. The zero-order chi connectivity index (χ0) is 8.53. The predicted molar refractivity (Wildman–Crippen MR) is 46.5 cm³/mol. The van der Waals surface area contributed by atoms with Crippen molar-refractivity contribution in [2.24, 2.45) is 0 Å². The molecule has 68 valence electrons. The van der Waals surface area contributed by atoms with Crippen LogP contribution in [0.4, 0.5) is 0 Å². The Morgan fingerprint density at radius 2 is 1.73 bits per heavy atom. The Morgan fingerprint density at radius 1 is 1.09 bits per heavy atom. The van der Waals surface area contributed by atoms with Gasteiger partial charge in [0.25, 0.3) is 0 Å². The highest BCUT2D eigenvalue weighted by molar-refractivity contribution is 4.55. The SMILES string of the molecule is CCCCC[C@@H](O)CCCO. The van der Waals surface area contributed by atoms with Gasteiger partial charge >= 0.3 is 0 Å². The molecule has 0 aromatic rings. The van der Waals surface area contributed by atoms with Crippen molar-refractivity contribution in [1.29, 1.82) is 0 Å². The average Bonchev–Trinajstić information content (AvgIpc) is 2.01. The van der Waals surface area contributed by atoms with E-state index in [1.165, 1.54) is 12.8 Å². The first-order chi connectivity index (χ1) is 5.31. The van der Waals surface area contributed by atoms with Gasteiger partial charge < -0.3 is 10.2 Å². The van der Waals surface area contributed by atoms with Crippen LogP contribution in [0, 0.1) is 0 Å². The molecule has 2 N–H and O–H groups in total. The summed E-state index contributed by atoms with van der Waals surface area (Å²) in [6.07, 6.45) is 5.71. The molecular formula is C9H20O2. The van der Waals surface area contributed by atoms with Gasteiger partial charge in [0.05, 0.1) is 6.10 Å². The fraction of sp³-hybridized carbons (Fsp3) is 1.00. The summed E-state index contributed by atoms with van der Waals surface area (Å²) >= 11 is 0. The van der Waals surface area contributed by atoms with E-state index in [1.807, 2.05) is 0 Å². The first-order valence-corrected chi connectivity index (χ1v) is 4.60. The van der Waals surface area contributed by atoms with E-state index in [9.17, 15) is 5.11 Å². The van der Waals surface area contributed by atoms with Crippen LogP contribution in [0.3, 0.4) is 0 Å². The molecule has 0 aromatic heterocycles. The lowest BCUT2D eigenvalue weighted by Gasteiger charge is -2.07. The van der Waals surface area contributed by atoms with Crippen LogP contribution in [-0.4, -0.2) is 22.9 Å². The van der Waals surface area contributed by atoms with Crippen molar-refractivity contribution >= 4 is 0 Å². The molecule has 0 rings (SSSR count). The maximum atomic E-state index is 9.30. The molecule has 2 heteroatoms. The fourth-order valence-electron chi connectivity index (χ4n) is 1.10. The van der Waals surface area contributed by atoms with Crippen LogP contribution in [-0.2, 0) is 0 Å². The van der Waals surface area contributed by atoms with Crippen molar-refractivity contribution in [3.8, 4) is 0 Å². The van der Waals surface area contributed by atoms with Crippen LogP contribution < -0.4 is 0 Å². The van der Waals surface area contributed by atoms with Gasteiger partial charge in [-0.05, 0) is 19.3 Å². The summed E-state index contributed by atoms with van der Waals surface area (Å²) in [5, 5.41) is 17.8. The number of aliphatic hydroxyl groups is 2. The summed E-state index contributed by atoms with van der Waals surface area (Å²) in [6.45, 7) is 2.35. The topological polar surface area (TPSA) is 40.5 Å². The average molecular weight is 160 g/mol. The van der Waals surface area contributed by atoms with E-state index in [0.717, 1.165) is 25.7 Å². The van der Waals surface area contributed by atoms with Crippen LogP contribution in [0.15, 0.2) is 0 Å². The summed E-state index contributed by atoms with van der Waals surface area (Å²) in [5.41, 5.74) is 0. The minimum Gasteiger partial charge on any atom is -0.396 e. The Kier molecular flexibility index (Phi) is 7.96. The van der Waals surface area contributed by atoms with Crippen molar-refractivity contribution < 1.29 is 10.2 Å². The van der Waals surface area contributed by atoms with Crippen LogP contribution in [0.1, 0.15) is 45.4 Å². The first kappa shape index (κ1) is 10.9. The molecule has 0 radical (unpaired) electrons. The van der Waals surface area contributed by atoms with Crippen molar-refractivity contribution in [2.75, 3.05) is 6.61 Å². The molecule has 0 aliphatic rings. The Bertz CT molecular complexity index is 74.0. The summed E-state index contributed by atoms with van der Waals surface area (Å²) in [5.74, 6) is 0. The number of hydrogen-bond donors (Lipinski definition) is 2.